The predicted octanol–water partition coefficient (Wildman–Crippen LogP) is 1.87. The normalized spacial score (nSPS) is 13.4. The summed E-state index contributed by atoms with van der Waals surface area (Å²) in [5.74, 6) is 0.663. The third-order valence-corrected chi connectivity index (χ3v) is 5.21. The van der Waals surface area contributed by atoms with Crippen LogP contribution in [0.3, 0.4) is 0 Å². The van der Waals surface area contributed by atoms with E-state index in [4.69, 9.17) is 5.73 Å². The number of aryl methyl sites for hydroxylation is 1. The Hall–Kier alpha value is -0.630. The lowest BCUT2D eigenvalue weighted by atomic mass is 10.1. The highest BCUT2D eigenvalue weighted by molar-refractivity contribution is 7.98. The molecule has 1 aromatic rings. The fourth-order valence-corrected chi connectivity index (χ4v) is 3.78. The van der Waals surface area contributed by atoms with E-state index in [0.717, 1.165) is 5.75 Å². The molecule has 0 aliphatic rings. The Morgan fingerprint density at radius 1 is 1.45 bits per heavy atom. The van der Waals surface area contributed by atoms with Crippen LogP contribution >= 0.6 is 11.8 Å². The van der Waals surface area contributed by atoms with Gasteiger partial charge < -0.3 is 5.73 Å². The minimum Gasteiger partial charge on any atom is -0.326 e. The number of sulfonamides is 1. The molecule has 0 aliphatic heterocycles. The number of nitrogens with two attached hydrogens (primary N) is 1. The van der Waals surface area contributed by atoms with Crippen LogP contribution in [0.25, 0.3) is 0 Å². The van der Waals surface area contributed by atoms with E-state index in [0.29, 0.717) is 6.54 Å². The molecule has 0 saturated heterocycles. The summed E-state index contributed by atoms with van der Waals surface area (Å²) in [4.78, 5) is 0.0631. The van der Waals surface area contributed by atoms with Gasteiger partial charge in [0.1, 0.15) is 5.82 Å². The maximum atomic E-state index is 13.7. The van der Waals surface area contributed by atoms with E-state index >= 15 is 0 Å². The molecule has 1 atom stereocenters. The molecular weight excluding hydrogens is 299 g/mol. The highest BCUT2D eigenvalue weighted by Crippen LogP contribution is 2.19. The lowest BCUT2D eigenvalue weighted by molar-refractivity contribution is 0.560. The van der Waals surface area contributed by atoms with Gasteiger partial charge in [-0.15, -0.1) is 0 Å². The van der Waals surface area contributed by atoms with Crippen molar-refractivity contribution in [2.45, 2.75) is 25.3 Å². The zero-order valence-corrected chi connectivity index (χ0v) is 13.6. The van der Waals surface area contributed by atoms with Crippen molar-refractivity contribution < 1.29 is 12.8 Å². The molecule has 7 heteroatoms. The second-order valence-corrected chi connectivity index (χ2v) is 7.51. The van der Waals surface area contributed by atoms with E-state index in [2.05, 4.69) is 4.72 Å². The van der Waals surface area contributed by atoms with Crippen molar-refractivity contribution >= 4 is 21.8 Å². The average molecular weight is 320 g/mol. The predicted molar refractivity (Wildman–Crippen MR) is 81.8 cm³/mol. The Kier molecular flexibility index (Phi) is 6.44. The minimum absolute atomic E-state index is 0.0289. The highest BCUT2D eigenvalue weighted by atomic mass is 32.2. The highest BCUT2D eigenvalue weighted by Gasteiger charge is 2.18. The van der Waals surface area contributed by atoms with Gasteiger partial charge in [0.2, 0.25) is 10.0 Å². The number of benzene rings is 1. The van der Waals surface area contributed by atoms with E-state index in [1.54, 1.807) is 11.8 Å². The Bertz CT molecular complexity index is 562. The summed E-state index contributed by atoms with van der Waals surface area (Å²) in [6.45, 7) is 3.83. The number of hydrogen-bond acceptors (Lipinski definition) is 4. The zero-order valence-electron chi connectivity index (χ0n) is 11.9. The quantitative estimate of drug-likeness (QED) is 0.804. The fourth-order valence-electron chi connectivity index (χ4n) is 1.79. The van der Waals surface area contributed by atoms with E-state index in [9.17, 15) is 12.8 Å². The van der Waals surface area contributed by atoms with Gasteiger partial charge >= 0.3 is 0 Å². The summed E-state index contributed by atoms with van der Waals surface area (Å²) in [7, 11) is -3.63. The van der Waals surface area contributed by atoms with Gasteiger partial charge in [-0.1, -0.05) is 6.92 Å². The van der Waals surface area contributed by atoms with Crippen LogP contribution in [0.15, 0.2) is 17.0 Å². The maximum absolute atomic E-state index is 13.7. The third kappa shape index (κ3) is 4.44. The van der Waals surface area contributed by atoms with Crippen molar-refractivity contribution in [1.82, 2.24) is 4.72 Å². The number of rotatable bonds is 7. The Morgan fingerprint density at radius 3 is 2.65 bits per heavy atom. The van der Waals surface area contributed by atoms with E-state index < -0.39 is 15.8 Å². The summed E-state index contributed by atoms with van der Waals surface area (Å²) in [6, 6.07) is 2.62. The molecule has 0 heterocycles. The van der Waals surface area contributed by atoms with Gasteiger partial charge in [-0.05, 0) is 42.5 Å². The second-order valence-electron chi connectivity index (χ2n) is 4.83. The molecule has 0 fully saturated rings. The first-order valence-electron chi connectivity index (χ1n) is 6.29. The first kappa shape index (κ1) is 17.4. The molecule has 3 N–H and O–H groups in total. The van der Waals surface area contributed by atoms with Crippen molar-refractivity contribution in [3.63, 3.8) is 0 Å². The summed E-state index contributed by atoms with van der Waals surface area (Å²) < 4.78 is 40.6. The van der Waals surface area contributed by atoms with Crippen LogP contribution in [0, 0.1) is 18.7 Å². The van der Waals surface area contributed by atoms with Crippen LogP contribution in [-0.2, 0) is 16.6 Å². The van der Waals surface area contributed by atoms with Gasteiger partial charge in [-0.3, -0.25) is 0 Å². The van der Waals surface area contributed by atoms with Crippen molar-refractivity contribution in [1.29, 1.82) is 0 Å². The molecule has 0 aromatic heterocycles. The number of hydrogen-bond donors (Lipinski definition) is 2. The van der Waals surface area contributed by atoms with Crippen LogP contribution < -0.4 is 10.5 Å². The lowest BCUT2D eigenvalue weighted by Gasteiger charge is -2.13. The lowest BCUT2D eigenvalue weighted by Crippen LogP contribution is -2.29. The first-order valence-corrected chi connectivity index (χ1v) is 9.17. The fraction of sp³-hybridized carbons (Fsp3) is 0.538. The standard InChI is InChI=1S/C13H21FN2O2S2/c1-9(8-19-3)7-16-20(17,18)12-4-10(2)13(14)11(5-12)6-15/h4-5,9,16H,6-8,15H2,1-3H3. The SMILES string of the molecule is CSCC(C)CNS(=O)(=O)c1cc(C)c(F)c(CN)c1. The molecule has 0 bridgehead atoms. The smallest absolute Gasteiger partial charge is 0.240 e. The van der Waals surface area contributed by atoms with Crippen LogP contribution in [-0.4, -0.2) is 27.0 Å². The number of thioether (sulfide) groups is 1. The molecule has 4 nitrogen and oxygen atoms in total. The largest absolute Gasteiger partial charge is 0.326 e. The molecule has 0 amide bonds. The zero-order chi connectivity index (χ0) is 15.3. The molecule has 0 aliphatic carbocycles. The van der Waals surface area contributed by atoms with Gasteiger partial charge in [0.25, 0.3) is 0 Å². The van der Waals surface area contributed by atoms with Crippen LogP contribution in [0.5, 0.6) is 0 Å². The summed E-state index contributed by atoms with van der Waals surface area (Å²) in [5, 5.41) is 0. The van der Waals surface area contributed by atoms with Gasteiger partial charge in [0.05, 0.1) is 4.90 Å². The summed E-state index contributed by atoms with van der Waals surface area (Å²) in [6.07, 6.45) is 1.97. The number of nitrogens with one attached hydrogen (secondary N) is 1. The van der Waals surface area contributed by atoms with Crippen LogP contribution in [0.1, 0.15) is 18.1 Å². The monoisotopic (exact) mass is 320 g/mol. The second kappa shape index (κ2) is 7.40. The molecule has 1 unspecified atom stereocenters. The van der Waals surface area contributed by atoms with Crippen molar-refractivity contribution in [2.24, 2.45) is 11.7 Å². The molecule has 1 aromatic carbocycles. The molecular formula is C13H21FN2O2S2. The molecule has 0 radical (unpaired) electrons. The van der Waals surface area contributed by atoms with Crippen molar-refractivity contribution in [3.8, 4) is 0 Å². The Labute approximate surface area is 124 Å². The van der Waals surface area contributed by atoms with Gasteiger partial charge in [0, 0.05) is 18.7 Å². The van der Waals surface area contributed by atoms with Gasteiger partial charge in [-0.25, -0.2) is 17.5 Å². The van der Waals surface area contributed by atoms with Gasteiger partial charge in [0.15, 0.2) is 0 Å². The molecule has 1 rings (SSSR count). The molecule has 0 saturated carbocycles. The van der Waals surface area contributed by atoms with Crippen LogP contribution in [0.2, 0.25) is 0 Å². The Balaban J connectivity index is 2.95. The molecule has 114 valence electrons. The summed E-state index contributed by atoms with van der Waals surface area (Å²) >= 11 is 1.67. The molecule has 20 heavy (non-hydrogen) atoms. The maximum Gasteiger partial charge on any atom is 0.240 e. The molecule has 0 spiro atoms. The minimum atomic E-state index is -3.63. The summed E-state index contributed by atoms with van der Waals surface area (Å²) in [5.41, 5.74) is 5.93. The van der Waals surface area contributed by atoms with Crippen LogP contribution in [0.4, 0.5) is 4.39 Å². The van der Waals surface area contributed by atoms with Crippen molar-refractivity contribution in [2.75, 3.05) is 18.6 Å². The first-order chi connectivity index (χ1) is 9.31. The average Bonchev–Trinajstić information content (AvgIpc) is 2.39. The third-order valence-electron chi connectivity index (χ3n) is 2.91. The van der Waals surface area contributed by atoms with Crippen molar-refractivity contribution in [3.05, 3.63) is 29.1 Å². The topological polar surface area (TPSA) is 72.2 Å². The van der Waals surface area contributed by atoms with E-state index in [1.807, 2.05) is 13.2 Å². The van der Waals surface area contributed by atoms with E-state index in [1.165, 1.54) is 19.1 Å². The number of halogens is 1. The van der Waals surface area contributed by atoms with Gasteiger partial charge in [-0.2, -0.15) is 11.8 Å². The Morgan fingerprint density at radius 2 is 2.10 bits per heavy atom. The van der Waals surface area contributed by atoms with E-state index in [-0.39, 0.29) is 28.5 Å².